The molecule has 37 heavy (non-hydrogen) atoms. The van der Waals surface area contributed by atoms with Gasteiger partial charge in [0, 0.05) is 48.3 Å². The number of likely N-dealkylation sites (N-methyl/N-ethyl adjacent to an activating group) is 1. The zero-order chi connectivity index (χ0) is 25.5. The van der Waals surface area contributed by atoms with E-state index in [-0.39, 0.29) is 23.9 Å². The van der Waals surface area contributed by atoms with Crippen LogP contribution in [0.25, 0.3) is 10.9 Å². The number of aromatic nitrogens is 1. The van der Waals surface area contributed by atoms with Crippen LogP contribution in [0.4, 0.5) is 0 Å². The van der Waals surface area contributed by atoms with Crippen LogP contribution < -0.4 is 10.1 Å². The summed E-state index contributed by atoms with van der Waals surface area (Å²) in [6.45, 7) is 0.897. The Hall–Kier alpha value is -3.07. The lowest BCUT2D eigenvalue weighted by atomic mass is 9.48. The molecule has 8 heteroatoms. The molecule has 1 spiro atoms. The number of carboxylic acid groups (broad SMARTS) is 1. The van der Waals surface area contributed by atoms with Gasteiger partial charge in [0.2, 0.25) is 0 Å². The largest absolute Gasteiger partial charge is 0.504 e. The fourth-order valence-electron chi connectivity index (χ4n) is 8.31. The van der Waals surface area contributed by atoms with E-state index in [0.29, 0.717) is 12.2 Å². The molecule has 4 N–H and O–H groups in total. The van der Waals surface area contributed by atoms with Crippen LogP contribution in [0.3, 0.4) is 0 Å². The number of nitrogens with zero attached hydrogens (tertiary/aromatic N) is 1. The lowest BCUT2D eigenvalue weighted by molar-refractivity contribution is -0.204. The minimum atomic E-state index is -0.879. The van der Waals surface area contributed by atoms with Crippen LogP contribution in [0.15, 0.2) is 42.6 Å². The second-order valence-electron chi connectivity index (χ2n) is 11.3. The smallest absolute Gasteiger partial charge is 0.321 e. The van der Waals surface area contributed by atoms with Crippen molar-refractivity contribution in [1.29, 1.82) is 0 Å². The molecule has 2 bridgehead atoms. The van der Waals surface area contributed by atoms with Crippen molar-refractivity contribution in [3.8, 4) is 11.5 Å². The molecule has 3 heterocycles. The number of phenolic OH excluding ortho intramolecular Hbond substituents is 1. The number of fused-ring (bicyclic) bond motifs is 1. The third-order valence-corrected chi connectivity index (χ3v) is 9.87. The first-order valence-corrected chi connectivity index (χ1v) is 13.2. The maximum Gasteiger partial charge on any atom is 0.321 e. The number of para-hydroxylation sites is 1. The Bertz CT molecular complexity index is 1400. The van der Waals surface area contributed by atoms with Gasteiger partial charge in [-0.1, -0.05) is 24.3 Å². The van der Waals surface area contributed by atoms with Gasteiger partial charge in [-0.15, -0.1) is 0 Å². The summed E-state index contributed by atoms with van der Waals surface area (Å²) < 4.78 is 13.2. The second-order valence-corrected chi connectivity index (χ2v) is 11.3. The quantitative estimate of drug-likeness (QED) is 0.410. The van der Waals surface area contributed by atoms with E-state index in [4.69, 9.17) is 9.47 Å². The molecule has 0 amide bonds. The van der Waals surface area contributed by atoms with Crippen molar-refractivity contribution >= 4 is 16.9 Å². The molecule has 3 aromatic rings. The number of nitrogens with one attached hydrogen (secondary N) is 2. The summed E-state index contributed by atoms with van der Waals surface area (Å²) in [7, 11) is 3.98. The third kappa shape index (κ3) is 2.92. The number of piperidine rings is 1. The molecule has 2 unspecified atom stereocenters. The molecule has 4 aliphatic rings. The van der Waals surface area contributed by atoms with Gasteiger partial charge in [-0.2, -0.15) is 0 Å². The number of rotatable bonds is 6. The predicted molar refractivity (Wildman–Crippen MR) is 138 cm³/mol. The van der Waals surface area contributed by atoms with Gasteiger partial charge in [-0.25, -0.2) is 0 Å². The van der Waals surface area contributed by atoms with E-state index >= 15 is 0 Å². The Morgan fingerprint density at radius 2 is 2.14 bits per heavy atom. The number of phenols is 1. The molecule has 1 saturated heterocycles. The van der Waals surface area contributed by atoms with E-state index in [1.54, 1.807) is 6.07 Å². The summed E-state index contributed by atoms with van der Waals surface area (Å²) in [5.41, 5.74) is 3.36. The number of aromatic amines is 1. The number of hydrogen-bond acceptors (Lipinski definition) is 6. The number of methoxy groups -OCH3 is 1. The Morgan fingerprint density at radius 3 is 2.95 bits per heavy atom. The number of aromatic hydroxyl groups is 1. The topological polar surface area (TPSA) is 107 Å². The number of carboxylic acids is 1. The predicted octanol–water partition coefficient (Wildman–Crippen LogP) is 2.97. The van der Waals surface area contributed by atoms with E-state index in [0.717, 1.165) is 54.3 Å². The maximum absolute atomic E-state index is 12.5. The molecule has 2 aromatic carbocycles. The number of ether oxygens (including phenoxy) is 2. The van der Waals surface area contributed by atoms with Crippen molar-refractivity contribution < 1.29 is 24.5 Å². The van der Waals surface area contributed by atoms with Crippen LogP contribution in [-0.4, -0.2) is 76.6 Å². The first kappa shape index (κ1) is 23.1. The van der Waals surface area contributed by atoms with Gasteiger partial charge in [-0.3, -0.25) is 10.1 Å². The average molecular weight is 504 g/mol. The first-order valence-electron chi connectivity index (χ1n) is 13.2. The third-order valence-electron chi connectivity index (χ3n) is 9.87. The van der Waals surface area contributed by atoms with Gasteiger partial charge in [0.25, 0.3) is 0 Å². The fraction of sp³-hybridized carbons (Fsp3) is 0.483. The Labute approximate surface area is 215 Å². The summed E-state index contributed by atoms with van der Waals surface area (Å²) in [5.74, 6) is -0.170. The SMILES string of the molecule is CO[C@@]12CCC(N[C@@H](Cc3c[nH]c4ccccc34)C(=O)O)C3Oc4c(O)ccc5c4[C@@]31CCN(C)[C@@H]2C5. The van der Waals surface area contributed by atoms with Gasteiger partial charge < -0.3 is 29.6 Å². The standard InChI is InChI=1S/C29H33N3O5/c1-32-12-11-28-24-16-7-8-22(33)25(24)37-26(28)20(9-10-29(28,36-2)23(32)14-16)31-21(27(34)35)13-17-15-30-19-6-4-3-5-18(17)19/h3-8,15,20-21,23,26,30-31,33H,9-14H2,1-2H3,(H,34,35)/t20?,21-,23+,26?,28-,29+/m0/s1. The molecule has 2 aliphatic carbocycles. The van der Waals surface area contributed by atoms with Crippen LogP contribution in [0, 0.1) is 0 Å². The molecule has 7 rings (SSSR count). The van der Waals surface area contributed by atoms with E-state index in [1.807, 2.05) is 43.6 Å². The van der Waals surface area contributed by atoms with E-state index in [2.05, 4.69) is 22.2 Å². The molecular formula is C29H33N3O5. The Kier molecular flexibility index (Phi) is 4.97. The summed E-state index contributed by atoms with van der Waals surface area (Å²) in [6.07, 6.45) is 5.15. The van der Waals surface area contributed by atoms with Crippen LogP contribution in [-0.2, 0) is 27.8 Å². The van der Waals surface area contributed by atoms with Crippen LogP contribution in [0.1, 0.15) is 36.0 Å². The first-order chi connectivity index (χ1) is 17.9. The van der Waals surface area contributed by atoms with Crippen molar-refractivity contribution in [1.82, 2.24) is 15.2 Å². The number of aliphatic carboxylic acids is 1. The summed E-state index contributed by atoms with van der Waals surface area (Å²) in [6, 6.07) is 10.9. The summed E-state index contributed by atoms with van der Waals surface area (Å²) in [4.78, 5) is 18.2. The van der Waals surface area contributed by atoms with E-state index in [9.17, 15) is 15.0 Å². The van der Waals surface area contributed by atoms with Gasteiger partial charge in [-0.05, 0) is 62.5 Å². The lowest BCUT2D eigenvalue weighted by Crippen LogP contribution is -2.78. The second kappa shape index (κ2) is 7.96. The molecule has 2 aliphatic heterocycles. The number of benzene rings is 2. The number of likely N-dealkylation sites (tertiary alicyclic amines) is 1. The lowest BCUT2D eigenvalue weighted by Gasteiger charge is -2.65. The van der Waals surface area contributed by atoms with Crippen molar-refractivity contribution in [2.45, 2.75) is 67.3 Å². The molecular weight excluding hydrogens is 470 g/mol. The normalized spacial score (nSPS) is 32.6. The average Bonchev–Trinajstić information content (AvgIpc) is 3.47. The minimum Gasteiger partial charge on any atom is -0.504 e. The van der Waals surface area contributed by atoms with Gasteiger partial charge >= 0.3 is 5.97 Å². The Balaban J connectivity index is 1.28. The summed E-state index contributed by atoms with van der Waals surface area (Å²) in [5, 5.41) is 25.7. The number of hydrogen-bond donors (Lipinski definition) is 4. The highest BCUT2D eigenvalue weighted by atomic mass is 16.5. The molecule has 1 saturated carbocycles. The monoisotopic (exact) mass is 503 g/mol. The Morgan fingerprint density at radius 1 is 1.30 bits per heavy atom. The van der Waals surface area contributed by atoms with Crippen LogP contribution in [0.2, 0.25) is 0 Å². The van der Waals surface area contributed by atoms with Crippen molar-refractivity contribution in [3.63, 3.8) is 0 Å². The van der Waals surface area contributed by atoms with Crippen LogP contribution >= 0.6 is 0 Å². The highest BCUT2D eigenvalue weighted by molar-refractivity contribution is 5.84. The minimum absolute atomic E-state index is 0.150. The fourth-order valence-corrected chi connectivity index (χ4v) is 8.31. The molecule has 1 aromatic heterocycles. The van der Waals surface area contributed by atoms with Gasteiger partial charge in [0.05, 0.1) is 11.0 Å². The van der Waals surface area contributed by atoms with Gasteiger partial charge in [0.1, 0.15) is 12.1 Å². The molecule has 0 radical (unpaired) electrons. The van der Waals surface area contributed by atoms with Gasteiger partial charge in [0.15, 0.2) is 11.5 Å². The van der Waals surface area contributed by atoms with Crippen molar-refractivity contribution in [2.24, 2.45) is 0 Å². The maximum atomic E-state index is 12.5. The summed E-state index contributed by atoms with van der Waals surface area (Å²) >= 11 is 0. The van der Waals surface area contributed by atoms with Crippen molar-refractivity contribution in [3.05, 3.63) is 59.3 Å². The molecule has 6 atom stereocenters. The zero-order valence-electron chi connectivity index (χ0n) is 21.2. The molecule has 8 nitrogen and oxygen atoms in total. The number of H-pyrrole nitrogens is 1. The van der Waals surface area contributed by atoms with E-state index < -0.39 is 23.0 Å². The number of carbonyl (C=O) groups is 1. The van der Waals surface area contributed by atoms with E-state index in [1.165, 1.54) is 5.56 Å². The van der Waals surface area contributed by atoms with Crippen LogP contribution in [0.5, 0.6) is 11.5 Å². The molecule has 2 fully saturated rings. The van der Waals surface area contributed by atoms with Crippen molar-refractivity contribution in [2.75, 3.05) is 20.7 Å². The molecule has 194 valence electrons. The highest BCUT2D eigenvalue weighted by Crippen LogP contribution is 2.66. The zero-order valence-corrected chi connectivity index (χ0v) is 21.2. The highest BCUT2D eigenvalue weighted by Gasteiger charge is 2.73.